The van der Waals surface area contributed by atoms with Gasteiger partial charge >= 0.3 is 0 Å². The molecule has 1 fully saturated rings. The fourth-order valence-electron chi connectivity index (χ4n) is 1.91. The van der Waals surface area contributed by atoms with Crippen LogP contribution in [0, 0.1) is 5.92 Å². The van der Waals surface area contributed by atoms with Gasteiger partial charge in [0.05, 0.1) is 6.54 Å². The van der Waals surface area contributed by atoms with Crippen LogP contribution in [0.5, 0.6) is 0 Å². The lowest BCUT2D eigenvalue weighted by Gasteiger charge is -2.30. The van der Waals surface area contributed by atoms with Crippen LogP contribution in [0.1, 0.15) is 18.7 Å². The minimum Gasteiger partial charge on any atom is -0.296 e. The number of hydrogen-bond donors (Lipinski definition) is 0. The Balaban J connectivity index is 1.82. The number of alkyl halides is 1. The molecule has 0 radical (unpaired) electrons. The van der Waals surface area contributed by atoms with Crippen molar-refractivity contribution in [2.24, 2.45) is 5.92 Å². The van der Waals surface area contributed by atoms with Gasteiger partial charge in [0.2, 0.25) is 0 Å². The molecule has 0 aliphatic carbocycles. The highest BCUT2D eigenvalue weighted by atomic mass is 35.5. The van der Waals surface area contributed by atoms with E-state index in [9.17, 15) is 0 Å². The Labute approximate surface area is 95.5 Å². The van der Waals surface area contributed by atoms with Crippen LogP contribution in [0.2, 0.25) is 0 Å². The second kappa shape index (κ2) is 5.42. The van der Waals surface area contributed by atoms with Gasteiger partial charge in [-0.3, -0.25) is 4.90 Å². The molecule has 0 bridgehead atoms. The number of likely N-dealkylation sites (tertiary alicyclic amines) is 1. The van der Waals surface area contributed by atoms with Gasteiger partial charge in [0, 0.05) is 18.3 Å². The molecule has 1 aliphatic rings. The monoisotopic (exact) mass is 225 g/mol. The second-order valence-electron chi connectivity index (χ2n) is 4.04. The van der Waals surface area contributed by atoms with Gasteiger partial charge in [-0.05, 0) is 37.9 Å². The average Bonchev–Trinajstić information content (AvgIpc) is 2.31. The third-order valence-corrected chi connectivity index (χ3v) is 3.35. The Kier molecular flexibility index (Phi) is 3.92. The Morgan fingerprint density at radius 3 is 2.53 bits per heavy atom. The Bertz CT molecular complexity index is 283. The topological polar surface area (TPSA) is 29.0 Å². The van der Waals surface area contributed by atoms with Crippen molar-refractivity contribution in [2.45, 2.75) is 19.4 Å². The highest BCUT2D eigenvalue weighted by molar-refractivity contribution is 6.18. The van der Waals surface area contributed by atoms with Gasteiger partial charge < -0.3 is 0 Å². The van der Waals surface area contributed by atoms with Gasteiger partial charge in [0.1, 0.15) is 5.82 Å². The number of aromatic nitrogens is 2. The van der Waals surface area contributed by atoms with Gasteiger partial charge in [-0.1, -0.05) is 0 Å². The van der Waals surface area contributed by atoms with Crippen molar-refractivity contribution in [3.05, 3.63) is 24.3 Å². The van der Waals surface area contributed by atoms with Crippen molar-refractivity contribution in [2.75, 3.05) is 19.0 Å². The van der Waals surface area contributed by atoms with Crippen molar-refractivity contribution in [3.8, 4) is 0 Å². The molecule has 0 N–H and O–H groups in total. The summed E-state index contributed by atoms with van der Waals surface area (Å²) in [6, 6.07) is 1.85. The molecule has 1 aromatic rings. The van der Waals surface area contributed by atoms with Crippen molar-refractivity contribution >= 4 is 11.6 Å². The highest BCUT2D eigenvalue weighted by Crippen LogP contribution is 2.18. The molecule has 0 saturated carbocycles. The lowest BCUT2D eigenvalue weighted by atomic mass is 9.99. The molecule has 1 aliphatic heterocycles. The molecule has 0 atom stereocenters. The lowest BCUT2D eigenvalue weighted by Crippen LogP contribution is -2.34. The van der Waals surface area contributed by atoms with Crippen LogP contribution in [0.3, 0.4) is 0 Å². The van der Waals surface area contributed by atoms with E-state index in [2.05, 4.69) is 14.9 Å². The third kappa shape index (κ3) is 3.14. The summed E-state index contributed by atoms with van der Waals surface area (Å²) in [6.45, 7) is 3.11. The number of hydrogen-bond acceptors (Lipinski definition) is 3. The standard InChI is InChI=1S/C11H16ClN3/c12-8-10-2-6-15(7-3-10)9-11-13-4-1-5-14-11/h1,4-5,10H,2-3,6-9H2. The minimum atomic E-state index is 0.708. The predicted octanol–water partition coefficient (Wildman–Crippen LogP) is 1.93. The van der Waals surface area contributed by atoms with Gasteiger partial charge in [0.25, 0.3) is 0 Å². The quantitative estimate of drug-likeness (QED) is 0.737. The van der Waals surface area contributed by atoms with Crippen LogP contribution in [-0.2, 0) is 6.54 Å². The molecular weight excluding hydrogens is 210 g/mol. The largest absolute Gasteiger partial charge is 0.296 e. The SMILES string of the molecule is ClCC1CCN(Cc2ncccn2)CC1. The van der Waals surface area contributed by atoms with E-state index in [4.69, 9.17) is 11.6 Å². The zero-order chi connectivity index (χ0) is 10.5. The van der Waals surface area contributed by atoms with E-state index in [1.165, 1.54) is 12.8 Å². The number of piperidine rings is 1. The first-order chi connectivity index (χ1) is 7.38. The molecule has 0 amide bonds. The van der Waals surface area contributed by atoms with Gasteiger partial charge in [0.15, 0.2) is 0 Å². The van der Waals surface area contributed by atoms with Gasteiger partial charge in [-0.2, -0.15) is 0 Å². The molecule has 2 heterocycles. The van der Waals surface area contributed by atoms with Crippen molar-refractivity contribution < 1.29 is 0 Å². The summed E-state index contributed by atoms with van der Waals surface area (Å²) in [6.07, 6.45) is 6.01. The molecule has 15 heavy (non-hydrogen) atoms. The second-order valence-corrected chi connectivity index (χ2v) is 4.35. The first kappa shape index (κ1) is 10.8. The van der Waals surface area contributed by atoms with E-state index in [-0.39, 0.29) is 0 Å². The van der Waals surface area contributed by atoms with Gasteiger partial charge in [-0.25, -0.2) is 9.97 Å². The average molecular weight is 226 g/mol. The van der Waals surface area contributed by atoms with Crippen molar-refractivity contribution in [1.82, 2.24) is 14.9 Å². The molecule has 0 spiro atoms. The summed E-state index contributed by atoms with van der Waals surface area (Å²) in [7, 11) is 0. The summed E-state index contributed by atoms with van der Waals surface area (Å²) < 4.78 is 0. The van der Waals surface area contributed by atoms with Crippen LogP contribution in [0.15, 0.2) is 18.5 Å². The molecule has 2 rings (SSSR count). The van der Waals surface area contributed by atoms with Gasteiger partial charge in [-0.15, -0.1) is 11.6 Å². The molecule has 1 saturated heterocycles. The Hall–Kier alpha value is -0.670. The van der Waals surface area contributed by atoms with E-state index in [0.29, 0.717) is 5.92 Å². The Morgan fingerprint density at radius 2 is 1.93 bits per heavy atom. The first-order valence-corrected chi connectivity index (χ1v) is 5.96. The zero-order valence-electron chi connectivity index (χ0n) is 8.77. The minimum absolute atomic E-state index is 0.708. The van der Waals surface area contributed by atoms with Crippen LogP contribution in [-0.4, -0.2) is 33.8 Å². The van der Waals surface area contributed by atoms with E-state index in [1.807, 2.05) is 6.07 Å². The Morgan fingerprint density at radius 1 is 1.27 bits per heavy atom. The number of halogens is 1. The molecule has 1 aromatic heterocycles. The fourth-order valence-corrected chi connectivity index (χ4v) is 2.22. The normalized spacial score (nSPS) is 19.3. The summed E-state index contributed by atoms with van der Waals surface area (Å²) in [5.74, 6) is 2.43. The van der Waals surface area contributed by atoms with Crippen LogP contribution < -0.4 is 0 Å². The van der Waals surface area contributed by atoms with E-state index in [1.54, 1.807) is 12.4 Å². The summed E-state index contributed by atoms with van der Waals surface area (Å²) >= 11 is 5.85. The van der Waals surface area contributed by atoms with E-state index < -0.39 is 0 Å². The highest BCUT2D eigenvalue weighted by Gasteiger charge is 2.18. The van der Waals surface area contributed by atoms with Crippen LogP contribution in [0.4, 0.5) is 0 Å². The smallest absolute Gasteiger partial charge is 0.142 e. The van der Waals surface area contributed by atoms with Crippen molar-refractivity contribution in [1.29, 1.82) is 0 Å². The molecular formula is C11H16ClN3. The molecule has 0 unspecified atom stereocenters. The van der Waals surface area contributed by atoms with Crippen LogP contribution in [0.25, 0.3) is 0 Å². The maximum absolute atomic E-state index is 5.85. The number of nitrogens with zero attached hydrogens (tertiary/aromatic N) is 3. The van der Waals surface area contributed by atoms with E-state index >= 15 is 0 Å². The van der Waals surface area contributed by atoms with E-state index in [0.717, 1.165) is 31.3 Å². The summed E-state index contributed by atoms with van der Waals surface area (Å²) in [4.78, 5) is 10.9. The maximum atomic E-state index is 5.85. The first-order valence-electron chi connectivity index (χ1n) is 5.42. The molecule has 4 heteroatoms. The predicted molar refractivity (Wildman–Crippen MR) is 60.8 cm³/mol. The molecule has 3 nitrogen and oxygen atoms in total. The summed E-state index contributed by atoms with van der Waals surface area (Å²) in [5.41, 5.74) is 0. The fraction of sp³-hybridized carbons (Fsp3) is 0.636. The third-order valence-electron chi connectivity index (χ3n) is 2.91. The maximum Gasteiger partial charge on any atom is 0.142 e. The molecule has 82 valence electrons. The van der Waals surface area contributed by atoms with Crippen molar-refractivity contribution in [3.63, 3.8) is 0 Å². The lowest BCUT2D eigenvalue weighted by molar-refractivity contribution is 0.182. The zero-order valence-corrected chi connectivity index (χ0v) is 9.53. The summed E-state index contributed by atoms with van der Waals surface area (Å²) in [5, 5.41) is 0. The number of rotatable bonds is 3. The molecule has 0 aromatic carbocycles. The van der Waals surface area contributed by atoms with Crippen LogP contribution >= 0.6 is 11.6 Å².